The lowest BCUT2D eigenvalue weighted by Crippen LogP contribution is -2.29. The third-order valence-corrected chi connectivity index (χ3v) is 1.90. The number of nitrogens with two attached hydrogens (primary N) is 1. The number of hydrogen-bond donors (Lipinski definition) is 2. The third kappa shape index (κ3) is 5.72. The summed E-state index contributed by atoms with van der Waals surface area (Å²) in [7, 11) is 3.80. The van der Waals surface area contributed by atoms with Gasteiger partial charge in [-0.2, -0.15) is 0 Å². The van der Waals surface area contributed by atoms with Crippen LogP contribution in [0.3, 0.4) is 0 Å². The maximum absolute atomic E-state index is 11.5. The minimum absolute atomic E-state index is 0. The lowest BCUT2D eigenvalue weighted by molar-refractivity contribution is 0.0954. The first-order valence-electron chi connectivity index (χ1n) is 4.77. The van der Waals surface area contributed by atoms with Crippen LogP contribution in [0.2, 0.25) is 0 Å². The Morgan fingerprint density at radius 2 is 2.06 bits per heavy atom. The van der Waals surface area contributed by atoms with Crippen LogP contribution < -0.4 is 16.0 Å². The van der Waals surface area contributed by atoms with E-state index in [1.165, 1.54) is 0 Å². The number of rotatable bonds is 4. The van der Waals surface area contributed by atoms with Crippen molar-refractivity contribution in [2.75, 3.05) is 32.1 Å². The lowest BCUT2D eigenvalue weighted by atomic mass is 10.2. The van der Waals surface area contributed by atoms with Crippen molar-refractivity contribution in [1.82, 2.24) is 10.3 Å². The largest absolute Gasteiger partial charge is 0.363 e. The van der Waals surface area contributed by atoms with Gasteiger partial charge in [0.2, 0.25) is 0 Å². The van der Waals surface area contributed by atoms with Gasteiger partial charge in [-0.3, -0.25) is 4.79 Å². The van der Waals surface area contributed by atoms with E-state index in [4.69, 9.17) is 5.73 Å². The molecule has 1 heterocycles. The number of nitrogens with zero attached hydrogens (tertiary/aromatic N) is 2. The average molecular weight is 281 g/mol. The second kappa shape index (κ2) is 9.04. The monoisotopic (exact) mass is 280 g/mol. The number of carbonyl (C=O) groups excluding carboxylic acids is 1. The van der Waals surface area contributed by atoms with Crippen LogP contribution in [-0.4, -0.2) is 38.1 Å². The van der Waals surface area contributed by atoms with E-state index < -0.39 is 0 Å². The zero-order valence-electron chi connectivity index (χ0n) is 9.84. The molecule has 0 aliphatic carbocycles. The summed E-state index contributed by atoms with van der Waals surface area (Å²) < 4.78 is 0. The van der Waals surface area contributed by atoms with Crippen molar-refractivity contribution >= 4 is 36.5 Å². The predicted molar refractivity (Wildman–Crippen MR) is 74.4 cm³/mol. The van der Waals surface area contributed by atoms with Gasteiger partial charge in [0, 0.05) is 33.4 Å². The number of anilines is 1. The highest BCUT2D eigenvalue weighted by Gasteiger charge is 2.05. The van der Waals surface area contributed by atoms with E-state index in [0.717, 1.165) is 5.82 Å². The van der Waals surface area contributed by atoms with Gasteiger partial charge in [-0.05, 0) is 12.1 Å². The summed E-state index contributed by atoms with van der Waals surface area (Å²) in [6, 6.07) is 3.55. The van der Waals surface area contributed by atoms with Crippen LogP contribution in [0.5, 0.6) is 0 Å². The first kappa shape index (κ1) is 18.3. The molecular formula is C10H18Cl2N4O. The molecule has 1 aromatic heterocycles. The minimum atomic E-state index is -0.141. The standard InChI is InChI=1S/C10H16N4O.2ClH/c1-14(2)9-4-3-8(7-13-9)10(15)12-6-5-11;;/h3-4,7H,5-6,11H2,1-2H3,(H,12,15);2*1H. The second-order valence-electron chi connectivity index (χ2n) is 3.34. The summed E-state index contributed by atoms with van der Waals surface area (Å²) in [6.07, 6.45) is 1.56. The minimum Gasteiger partial charge on any atom is -0.363 e. The lowest BCUT2D eigenvalue weighted by Gasteiger charge is -2.11. The molecule has 1 rings (SSSR count). The van der Waals surface area contributed by atoms with Crippen LogP contribution >= 0.6 is 24.8 Å². The first-order chi connectivity index (χ1) is 7.15. The van der Waals surface area contributed by atoms with E-state index in [9.17, 15) is 4.79 Å². The Hall–Kier alpha value is -1.04. The second-order valence-corrected chi connectivity index (χ2v) is 3.34. The van der Waals surface area contributed by atoms with E-state index in [2.05, 4.69) is 10.3 Å². The molecular weight excluding hydrogens is 263 g/mol. The summed E-state index contributed by atoms with van der Waals surface area (Å²) in [5.41, 5.74) is 5.83. The van der Waals surface area contributed by atoms with Gasteiger partial charge in [-0.25, -0.2) is 4.98 Å². The van der Waals surface area contributed by atoms with E-state index in [1.807, 2.05) is 19.0 Å². The Morgan fingerprint density at radius 1 is 1.41 bits per heavy atom. The Bertz CT molecular complexity index is 330. The van der Waals surface area contributed by atoms with Crippen molar-refractivity contribution in [2.24, 2.45) is 5.73 Å². The molecule has 1 amide bonds. The number of aromatic nitrogens is 1. The highest BCUT2D eigenvalue weighted by atomic mass is 35.5. The van der Waals surface area contributed by atoms with E-state index in [1.54, 1.807) is 18.3 Å². The summed E-state index contributed by atoms with van der Waals surface area (Å²) >= 11 is 0. The van der Waals surface area contributed by atoms with Crippen molar-refractivity contribution in [1.29, 1.82) is 0 Å². The molecule has 0 aliphatic heterocycles. The zero-order valence-corrected chi connectivity index (χ0v) is 11.5. The molecule has 0 saturated heterocycles. The molecule has 5 nitrogen and oxygen atoms in total. The Labute approximate surface area is 114 Å². The number of hydrogen-bond acceptors (Lipinski definition) is 4. The number of pyridine rings is 1. The highest BCUT2D eigenvalue weighted by Crippen LogP contribution is 2.07. The fourth-order valence-electron chi connectivity index (χ4n) is 1.07. The number of halogens is 2. The predicted octanol–water partition coefficient (Wildman–Crippen LogP) is 0.680. The highest BCUT2D eigenvalue weighted by molar-refractivity contribution is 5.94. The van der Waals surface area contributed by atoms with Crippen molar-refractivity contribution in [3.63, 3.8) is 0 Å². The molecule has 98 valence electrons. The molecule has 0 spiro atoms. The Balaban J connectivity index is 0. The summed E-state index contributed by atoms with van der Waals surface area (Å²) in [6.45, 7) is 0.920. The van der Waals surface area contributed by atoms with E-state index in [-0.39, 0.29) is 30.7 Å². The van der Waals surface area contributed by atoms with Gasteiger partial charge in [0.05, 0.1) is 5.56 Å². The van der Waals surface area contributed by atoms with Gasteiger partial charge in [0.15, 0.2) is 0 Å². The first-order valence-corrected chi connectivity index (χ1v) is 4.77. The third-order valence-electron chi connectivity index (χ3n) is 1.90. The average Bonchev–Trinajstić information content (AvgIpc) is 2.26. The van der Waals surface area contributed by atoms with Crippen molar-refractivity contribution < 1.29 is 4.79 Å². The topological polar surface area (TPSA) is 71.2 Å². The molecule has 7 heteroatoms. The van der Waals surface area contributed by atoms with Gasteiger partial charge in [-0.1, -0.05) is 0 Å². The molecule has 0 bridgehead atoms. The molecule has 1 aromatic rings. The number of nitrogens with one attached hydrogen (secondary N) is 1. The van der Waals surface area contributed by atoms with Gasteiger partial charge < -0.3 is 16.0 Å². The van der Waals surface area contributed by atoms with Crippen LogP contribution in [0.4, 0.5) is 5.82 Å². The molecule has 0 atom stereocenters. The molecule has 17 heavy (non-hydrogen) atoms. The van der Waals surface area contributed by atoms with Crippen LogP contribution in [0, 0.1) is 0 Å². The van der Waals surface area contributed by atoms with Crippen LogP contribution in [0.1, 0.15) is 10.4 Å². The molecule has 0 aromatic carbocycles. The Morgan fingerprint density at radius 3 is 2.47 bits per heavy atom. The smallest absolute Gasteiger partial charge is 0.252 e. The molecule has 3 N–H and O–H groups in total. The molecule has 0 radical (unpaired) electrons. The fourth-order valence-corrected chi connectivity index (χ4v) is 1.07. The van der Waals surface area contributed by atoms with Gasteiger partial charge in [-0.15, -0.1) is 24.8 Å². The number of carbonyl (C=O) groups is 1. The molecule has 0 fully saturated rings. The summed E-state index contributed by atoms with van der Waals surface area (Å²) in [4.78, 5) is 17.5. The SMILES string of the molecule is CN(C)c1ccc(C(=O)NCCN)cn1.Cl.Cl. The van der Waals surface area contributed by atoms with Crippen LogP contribution in [0.15, 0.2) is 18.3 Å². The van der Waals surface area contributed by atoms with E-state index in [0.29, 0.717) is 18.7 Å². The van der Waals surface area contributed by atoms with Crippen LogP contribution in [-0.2, 0) is 0 Å². The van der Waals surface area contributed by atoms with Crippen LogP contribution in [0.25, 0.3) is 0 Å². The van der Waals surface area contributed by atoms with Crippen molar-refractivity contribution in [2.45, 2.75) is 0 Å². The quantitative estimate of drug-likeness (QED) is 0.851. The molecule has 0 aliphatic rings. The van der Waals surface area contributed by atoms with E-state index >= 15 is 0 Å². The molecule has 0 saturated carbocycles. The van der Waals surface area contributed by atoms with Gasteiger partial charge in [0.1, 0.15) is 5.82 Å². The molecule has 0 unspecified atom stereocenters. The summed E-state index contributed by atoms with van der Waals surface area (Å²) in [5.74, 6) is 0.684. The van der Waals surface area contributed by atoms with Crippen molar-refractivity contribution in [3.05, 3.63) is 23.9 Å². The number of amides is 1. The maximum atomic E-state index is 11.5. The van der Waals surface area contributed by atoms with Gasteiger partial charge in [0.25, 0.3) is 5.91 Å². The normalized spacial score (nSPS) is 8.65. The van der Waals surface area contributed by atoms with Crippen molar-refractivity contribution in [3.8, 4) is 0 Å². The maximum Gasteiger partial charge on any atom is 0.252 e. The Kier molecular flexibility index (Phi) is 9.74. The summed E-state index contributed by atoms with van der Waals surface area (Å²) in [5, 5.41) is 2.68. The zero-order chi connectivity index (χ0) is 11.3. The fraction of sp³-hybridized carbons (Fsp3) is 0.400. The van der Waals surface area contributed by atoms with Gasteiger partial charge >= 0.3 is 0 Å².